The maximum absolute atomic E-state index is 13.4. The van der Waals surface area contributed by atoms with E-state index < -0.39 is 47.0 Å². The normalized spacial score (nSPS) is 19.7. The second-order valence-electron chi connectivity index (χ2n) is 8.79. The molecule has 3 heterocycles. The standard InChI is InChI=1S/C25H23N5O6S/c1-13-12-37-22-18(21(32)30(22)19(13)23(33)34)26-20(31)17(14-8-4-3-5-9-14)27-24(35)29-16-11-7-6-10-15(16)28(2)25(29)36/h3-11,17-18,22H,12H2,1-2H3,(H,26,31)(H,27,35)(H,33,34)/t17?,18?,22-/m0/s1. The maximum Gasteiger partial charge on any atom is 0.352 e. The first-order valence-electron chi connectivity index (χ1n) is 11.4. The minimum atomic E-state index is -1.22. The summed E-state index contributed by atoms with van der Waals surface area (Å²) in [4.78, 5) is 65.3. The number of hydrogen-bond donors (Lipinski definition) is 3. The van der Waals surface area contributed by atoms with Crippen LogP contribution in [0.4, 0.5) is 4.79 Å². The largest absolute Gasteiger partial charge is 0.477 e. The van der Waals surface area contributed by atoms with Crippen molar-refractivity contribution in [3.05, 3.63) is 81.9 Å². The summed E-state index contributed by atoms with van der Waals surface area (Å²) in [6, 6.07) is 12.3. The Morgan fingerprint density at radius 2 is 1.68 bits per heavy atom. The van der Waals surface area contributed by atoms with Crippen molar-refractivity contribution in [2.75, 3.05) is 5.75 Å². The number of rotatable bonds is 5. The second kappa shape index (κ2) is 9.28. The quantitative estimate of drug-likeness (QED) is 0.431. The van der Waals surface area contributed by atoms with Crippen molar-refractivity contribution in [2.24, 2.45) is 7.05 Å². The first kappa shape index (κ1) is 24.4. The average Bonchev–Trinajstić information content (AvgIpc) is 3.15. The molecule has 2 aliphatic rings. The Morgan fingerprint density at radius 1 is 1.03 bits per heavy atom. The fourth-order valence-electron chi connectivity index (χ4n) is 4.63. The number of carboxylic acids is 1. The summed E-state index contributed by atoms with van der Waals surface area (Å²) in [5.74, 6) is -1.98. The fourth-order valence-corrected chi connectivity index (χ4v) is 5.93. The van der Waals surface area contributed by atoms with E-state index in [1.165, 1.54) is 21.2 Å². The van der Waals surface area contributed by atoms with Crippen LogP contribution < -0.4 is 16.3 Å². The average molecular weight is 522 g/mol. The van der Waals surface area contributed by atoms with Crippen LogP contribution in [0.15, 0.2) is 70.7 Å². The number of amides is 3. The van der Waals surface area contributed by atoms with Crippen LogP contribution in [0.1, 0.15) is 18.5 Å². The lowest BCUT2D eigenvalue weighted by Crippen LogP contribution is -2.71. The monoisotopic (exact) mass is 521 g/mol. The van der Waals surface area contributed by atoms with Crippen LogP contribution in [-0.4, -0.2) is 60.1 Å². The first-order valence-corrected chi connectivity index (χ1v) is 12.5. The number of carbonyl (C=O) groups excluding carboxylic acids is 3. The number of benzene rings is 2. The molecule has 2 aliphatic heterocycles. The van der Waals surface area contributed by atoms with Crippen molar-refractivity contribution in [1.29, 1.82) is 0 Å². The van der Waals surface area contributed by atoms with Crippen LogP contribution >= 0.6 is 11.8 Å². The van der Waals surface area contributed by atoms with Crippen LogP contribution in [0.5, 0.6) is 0 Å². The Morgan fingerprint density at radius 3 is 2.35 bits per heavy atom. The molecule has 1 saturated heterocycles. The van der Waals surface area contributed by atoms with Crippen LogP contribution in [0.25, 0.3) is 11.0 Å². The van der Waals surface area contributed by atoms with E-state index in [9.17, 15) is 29.1 Å². The van der Waals surface area contributed by atoms with Crippen LogP contribution in [-0.2, 0) is 21.4 Å². The van der Waals surface area contributed by atoms with E-state index in [-0.39, 0.29) is 5.70 Å². The van der Waals surface area contributed by atoms with Crippen LogP contribution in [0.2, 0.25) is 0 Å². The molecule has 1 fully saturated rings. The number of carboxylic acid groups (broad SMARTS) is 1. The van der Waals surface area contributed by atoms with Gasteiger partial charge < -0.3 is 15.7 Å². The van der Waals surface area contributed by atoms with E-state index in [4.69, 9.17) is 0 Å². The molecule has 1 aromatic heterocycles. The van der Waals surface area contributed by atoms with Gasteiger partial charge in [0.25, 0.3) is 5.91 Å². The number of para-hydroxylation sites is 2. The topological polar surface area (TPSA) is 143 Å². The van der Waals surface area contributed by atoms with Gasteiger partial charge in [0.15, 0.2) is 0 Å². The van der Waals surface area contributed by atoms with Gasteiger partial charge in [-0.1, -0.05) is 42.5 Å². The van der Waals surface area contributed by atoms with Crippen molar-refractivity contribution in [2.45, 2.75) is 24.4 Å². The molecule has 190 valence electrons. The van der Waals surface area contributed by atoms with E-state index in [1.807, 2.05) is 0 Å². The number of nitrogens with one attached hydrogen (secondary N) is 2. The van der Waals surface area contributed by atoms with Gasteiger partial charge in [0.2, 0.25) is 5.91 Å². The van der Waals surface area contributed by atoms with Gasteiger partial charge in [-0.15, -0.1) is 11.8 Å². The minimum Gasteiger partial charge on any atom is -0.477 e. The second-order valence-corrected chi connectivity index (χ2v) is 9.89. The third kappa shape index (κ3) is 3.99. The molecular weight excluding hydrogens is 498 g/mol. The summed E-state index contributed by atoms with van der Waals surface area (Å²) >= 11 is 1.35. The number of β-lactam (4-membered cyclic amide) rings is 1. The zero-order chi connectivity index (χ0) is 26.4. The molecule has 3 aromatic rings. The minimum absolute atomic E-state index is 0.0671. The molecule has 3 N–H and O–H groups in total. The Balaban J connectivity index is 1.42. The molecule has 37 heavy (non-hydrogen) atoms. The van der Waals surface area contributed by atoms with Gasteiger partial charge in [0.1, 0.15) is 23.2 Å². The van der Waals surface area contributed by atoms with Gasteiger partial charge in [0, 0.05) is 12.8 Å². The fraction of sp³-hybridized carbons (Fsp3) is 0.240. The maximum atomic E-state index is 13.4. The molecular formula is C25H23N5O6S. The smallest absolute Gasteiger partial charge is 0.352 e. The number of aliphatic carboxylic acids is 1. The van der Waals surface area contributed by atoms with Crippen molar-refractivity contribution >= 4 is 46.6 Å². The van der Waals surface area contributed by atoms with Gasteiger partial charge in [-0.25, -0.2) is 19.0 Å². The van der Waals surface area contributed by atoms with Gasteiger partial charge >= 0.3 is 17.7 Å². The first-order chi connectivity index (χ1) is 17.7. The molecule has 0 bridgehead atoms. The molecule has 0 spiro atoms. The summed E-state index contributed by atoms with van der Waals surface area (Å²) < 4.78 is 2.29. The number of carbonyl (C=O) groups is 4. The molecule has 11 nitrogen and oxygen atoms in total. The molecule has 2 unspecified atom stereocenters. The molecule has 0 aliphatic carbocycles. The number of imidazole rings is 1. The van der Waals surface area contributed by atoms with E-state index in [2.05, 4.69) is 10.6 Å². The summed E-state index contributed by atoms with van der Waals surface area (Å²) in [6.45, 7) is 1.65. The highest BCUT2D eigenvalue weighted by Crippen LogP contribution is 2.40. The van der Waals surface area contributed by atoms with Crippen LogP contribution in [0, 0.1) is 0 Å². The number of thioether (sulfide) groups is 1. The third-order valence-electron chi connectivity index (χ3n) is 6.49. The van der Waals surface area contributed by atoms with E-state index in [0.29, 0.717) is 27.9 Å². The Labute approximate surface area is 214 Å². The number of aromatic nitrogens is 2. The van der Waals surface area contributed by atoms with Gasteiger partial charge in [-0.05, 0) is 30.2 Å². The lowest BCUT2D eigenvalue weighted by molar-refractivity contribution is -0.151. The summed E-state index contributed by atoms with van der Waals surface area (Å²) in [7, 11) is 1.55. The molecule has 2 aromatic carbocycles. The zero-order valence-electron chi connectivity index (χ0n) is 19.9. The Hall–Kier alpha value is -4.32. The van der Waals surface area contributed by atoms with Crippen molar-refractivity contribution in [1.82, 2.24) is 24.7 Å². The molecule has 0 radical (unpaired) electrons. The number of hydrogen-bond acceptors (Lipinski definition) is 6. The highest BCUT2D eigenvalue weighted by molar-refractivity contribution is 8.00. The molecule has 3 atom stereocenters. The third-order valence-corrected chi connectivity index (χ3v) is 7.91. The van der Waals surface area contributed by atoms with Crippen molar-refractivity contribution < 1.29 is 24.3 Å². The van der Waals surface area contributed by atoms with E-state index >= 15 is 0 Å². The molecule has 3 amide bonds. The predicted molar refractivity (Wildman–Crippen MR) is 136 cm³/mol. The molecule has 12 heteroatoms. The zero-order valence-corrected chi connectivity index (χ0v) is 20.7. The summed E-state index contributed by atoms with van der Waals surface area (Å²) in [5, 5.41) is 14.3. The van der Waals surface area contributed by atoms with E-state index in [1.54, 1.807) is 68.6 Å². The highest BCUT2D eigenvalue weighted by Gasteiger charge is 2.54. The summed E-state index contributed by atoms with van der Waals surface area (Å²) in [5.41, 5.74) is 1.31. The molecule has 5 rings (SSSR count). The van der Waals surface area contributed by atoms with Gasteiger partial charge in [-0.2, -0.15) is 0 Å². The number of aryl methyl sites for hydroxylation is 1. The van der Waals surface area contributed by atoms with Crippen molar-refractivity contribution in [3.8, 4) is 0 Å². The Kier molecular flexibility index (Phi) is 6.12. The van der Waals surface area contributed by atoms with Gasteiger partial charge in [-0.3, -0.25) is 19.1 Å². The number of fused-ring (bicyclic) bond motifs is 2. The lowest BCUT2D eigenvalue weighted by Gasteiger charge is -2.49. The SMILES string of the molecule is CC1=C(C(=O)O)N2C(=O)C(NC(=O)C(NC(=O)n3c(=O)n(C)c4ccccc43)c3ccccc3)[C@@H]2SC1. The number of nitrogens with zero attached hydrogens (tertiary/aromatic N) is 3. The summed E-state index contributed by atoms with van der Waals surface area (Å²) in [6.07, 6.45) is 0. The van der Waals surface area contributed by atoms with Gasteiger partial charge in [0.05, 0.1) is 11.0 Å². The van der Waals surface area contributed by atoms with Crippen molar-refractivity contribution in [3.63, 3.8) is 0 Å². The highest BCUT2D eigenvalue weighted by atomic mass is 32.2. The van der Waals surface area contributed by atoms with Crippen LogP contribution in [0.3, 0.4) is 0 Å². The lowest BCUT2D eigenvalue weighted by atomic mass is 10.0. The van der Waals surface area contributed by atoms with E-state index in [0.717, 1.165) is 4.57 Å². The molecule has 0 saturated carbocycles. The predicted octanol–water partition coefficient (Wildman–Crippen LogP) is 1.40. The Bertz CT molecular complexity index is 1540.